The largest absolute Gasteiger partial charge is 0.370 e. The minimum atomic E-state index is -3.15. The van der Waals surface area contributed by atoms with Gasteiger partial charge in [-0.25, -0.2) is 18.4 Å². The molecule has 0 aliphatic carbocycles. The Hall–Kier alpha value is -1.25. The van der Waals surface area contributed by atoms with Gasteiger partial charge in [0.15, 0.2) is 0 Å². The van der Waals surface area contributed by atoms with E-state index in [2.05, 4.69) is 15.3 Å². The Morgan fingerprint density at radius 2 is 2.18 bits per heavy atom. The van der Waals surface area contributed by atoms with Crippen molar-refractivity contribution in [3.05, 3.63) is 16.8 Å². The van der Waals surface area contributed by atoms with Gasteiger partial charge in [0.05, 0.1) is 11.1 Å². The van der Waals surface area contributed by atoms with E-state index in [4.69, 9.17) is 0 Å². The molecule has 0 amide bonds. The van der Waals surface area contributed by atoms with Gasteiger partial charge in [-0.2, -0.15) is 4.31 Å². The summed E-state index contributed by atoms with van der Waals surface area (Å²) < 4.78 is 26.1. The van der Waals surface area contributed by atoms with Crippen LogP contribution < -0.4 is 5.32 Å². The molecular weight excluding hydrogens is 320 g/mol. The molecule has 1 aliphatic rings. The van der Waals surface area contributed by atoms with Gasteiger partial charge in [0.2, 0.25) is 10.0 Å². The highest BCUT2D eigenvalue weighted by atomic mass is 32.2. The molecule has 2 aromatic heterocycles. The summed E-state index contributed by atoms with van der Waals surface area (Å²) in [6.07, 6.45) is 2.94. The van der Waals surface area contributed by atoms with Crippen LogP contribution in [0.1, 0.15) is 30.7 Å². The molecule has 0 saturated heterocycles. The first kappa shape index (κ1) is 15.6. The third-order valence-corrected chi connectivity index (χ3v) is 6.95. The lowest BCUT2D eigenvalue weighted by molar-refractivity contribution is 0.396. The number of anilines is 1. The van der Waals surface area contributed by atoms with Crippen LogP contribution in [-0.4, -0.2) is 41.5 Å². The molecule has 0 fully saturated rings. The zero-order valence-corrected chi connectivity index (χ0v) is 14.4. The maximum atomic E-state index is 12.3. The third kappa shape index (κ3) is 2.70. The molecule has 0 saturated carbocycles. The normalized spacial score (nSPS) is 15.9. The lowest BCUT2D eigenvalue weighted by Crippen LogP contribution is -2.36. The number of hydrogen-bond donors (Lipinski definition) is 1. The van der Waals surface area contributed by atoms with Crippen molar-refractivity contribution in [2.24, 2.45) is 0 Å². The molecule has 8 heteroatoms. The number of sulfonamides is 1. The summed E-state index contributed by atoms with van der Waals surface area (Å²) in [4.78, 5) is 10.7. The molecule has 3 rings (SSSR count). The number of nitrogens with zero attached hydrogens (tertiary/aromatic N) is 3. The predicted octanol–water partition coefficient (Wildman–Crippen LogP) is 2.22. The van der Waals surface area contributed by atoms with Crippen LogP contribution in [0.5, 0.6) is 0 Å². The summed E-state index contributed by atoms with van der Waals surface area (Å²) >= 11 is 1.58. The van der Waals surface area contributed by atoms with Crippen molar-refractivity contribution in [3.63, 3.8) is 0 Å². The summed E-state index contributed by atoms with van der Waals surface area (Å²) in [6, 6.07) is 0. The van der Waals surface area contributed by atoms with E-state index < -0.39 is 10.0 Å². The Bertz CT molecular complexity index is 785. The Morgan fingerprint density at radius 3 is 2.91 bits per heavy atom. The monoisotopic (exact) mass is 340 g/mol. The topological polar surface area (TPSA) is 75.2 Å². The molecule has 0 radical (unpaired) electrons. The standard InChI is InChI=1S/C14H20N4O2S2/c1-3-7-22(19,20)18-6-5-10-11(8-18)21-14-12(10)13(15-4-2)16-9-17-14/h9H,3-8H2,1-2H3,(H,15,16,17). The molecular formula is C14H20N4O2S2. The minimum absolute atomic E-state index is 0.218. The number of rotatable bonds is 5. The van der Waals surface area contributed by atoms with Gasteiger partial charge in [-0.05, 0) is 25.3 Å². The van der Waals surface area contributed by atoms with E-state index in [1.165, 1.54) is 5.56 Å². The van der Waals surface area contributed by atoms with Gasteiger partial charge >= 0.3 is 0 Å². The number of fused-ring (bicyclic) bond motifs is 3. The van der Waals surface area contributed by atoms with Crippen LogP contribution in [0.3, 0.4) is 0 Å². The Morgan fingerprint density at radius 1 is 1.36 bits per heavy atom. The van der Waals surface area contributed by atoms with E-state index in [0.717, 1.165) is 33.9 Å². The van der Waals surface area contributed by atoms with Gasteiger partial charge < -0.3 is 5.32 Å². The molecule has 1 N–H and O–H groups in total. The van der Waals surface area contributed by atoms with Crippen LogP contribution in [0.25, 0.3) is 10.2 Å². The van der Waals surface area contributed by atoms with Crippen LogP contribution in [0.15, 0.2) is 6.33 Å². The zero-order valence-electron chi connectivity index (χ0n) is 12.8. The summed E-state index contributed by atoms with van der Waals surface area (Å²) in [5.74, 6) is 1.07. The van der Waals surface area contributed by atoms with Crippen molar-refractivity contribution < 1.29 is 8.42 Å². The predicted molar refractivity (Wildman–Crippen MR) is 89.8 cm³/mol. The van der Waals surface area contributed by atoms with Gasteiger partial charge in [-0.3, -0.25) is 0 Å². The average Bonchev–Trinajstić information content (AvgIpc) is 2.86. The molecule has 6 nitrogen and oxygen atoms in total. The highest BCUT2D eigenvalue weighted by molar-refractivity contribution is 7.89. The Kier molecular flexibility index (Phi) is 4.33. The van der Waals surface area contributed by atoms with Crippen molar-refractivity contribution in [1.82, 2.24) is 14.3 Å². The third-order valence-electron chi connectivity index (χ3n) is 3.80. The quantitative estimate of drug-likeness (QED) is 0.903. The van der Waals surface area contributed by atoms with E-state index in [1.54, 1.807) is 22.0 Å². The maximum absolute atomic E-state index is 12.3. The Balaban J connectivity index is 2.00. The number of aromatic nitrogens is 2. The first-order valence-corrected chi connectivity index (χ1v) is 9.96. The van der Waals surface area contributed by atoms with Crippen molar-refractivity contribution in [1.29, 1.82) is 0 Å². The zero-order chi connectivity index (χ0) is 15.7. The van der Waals surface area contributed by atoms with E-state index in [1.807, 2.05) is 13.8 Å². The van der Waals surface area contributed by atoms with Crippen LogP contribution in [-0.2, 0) is 23.0 Å². The van der Waals surface area contributed by atoms with Gasteiger partial charge in [-0.1, -0.05) is 6.92 Å². The molecule has 0 spiro atoms. The van der Waals surface area contributed by atoms with Crippen molar-refractivity contribution in [2.45, 2.75) is 33.2 Å². The van der Waals surface area contributed by atoms with Crippen LogP contribution in [0.4, 0.5) is 5.82 Å². The van der Waals surface area contributed by atoms with Gasteiger partial charge in [0.1, 0.15) is 17.0 Å². The van der Waals surface area contributed by atoms with Crippen molar-refractivity contribution in [3.8, 4) is 0 Å². The fourth-order valence-corrected chi connectivity index (χ4v) is 5.58. The van der Waals surface area contributed by atoms with Crippen molar-refractivity contribution in [2.75, 3.05) is 24.2 Å². The molecule has 120 valence electrons. The number of hydrogen-bond acceptors (Lipinski definition) is 6. The molecule has 0 atom stereocenters. The highest BCUT2D eigenvalue weighted by Gasteiger charge is 2.29. The second-order valence-electron chi connectivity index (χ2n) is 5.34. The minimum Gasteiger partial charge on any atom is -0.370 e. The molecule has 1 aliphatic heterocycles. The van der Waals surface area contributed by atoms with E-state index in [9.17, 15) is 8.42 Å². The van der Waals surface area contributed by atoms with Crippen LogP contribution in [0.2, 0.25) is 0 Å². The van der Waals surface area contributed by atoms with E-state index in [-0.39, 0.29) is 5.75 Å². The fraction of sp³-hybridized carbons (Fsp3) is 0.571. The second kappa shape index (κ2) is 6.10. The van der Waals surface area contributed by atoms with Crippen molar-refractivity contribution >= 4 is 37.4 Å². The summed E-state index contributed by atoms with van der Waals surface area (Å²) in [5, 5.41) is 4.34. The average molecular weight is 340 g/mol. The summed E-state index contributed by atoms with van der Waals surface area (Å²) in [6.45, 7) is 5.73. The molecule has 22 heavy (non-hydrogen) atoms. The second-order valence-corrected chi connectivity index (χ2v) is 8.51. The smallest absolute Gasteiger partial charge is 0.214 e. The molecule has 2 aromatic rings. The Labute approximate surface area is 134 Å². The van der Waals surface area contributed by atoms with E-state index in [0.29, 0.717) is 19.5 Å². The fourth-order valence-electron chi connectivity index (χ4n) is 2.83. The van der Waals surface area contributed by atoms with Gasteiger partial charge in [0, 0.05) is 24.5 Å². The lowest BCUT2D eigenvalue weighted by atomic mass is 10.1. The molecule has 0 aromatic carbocycles. The maximum Gasteiger partial charge on any atom is 0.214 e. The first-order valence-electron chi connectivity index (χ1n) is 7.53. The van der Waals surface area contributed by atoms with Crippen LogP contribution in [0, 0.1) is 0 Å². The summed E-state index contributed by atoms with van der Waals surface area (Å²) in [5.41, 5.74) is 1.21. The molecule has 0 unspecified atom stereocenters. The van der Waals surface area contributed by atoms with E-state index >= 15 is 0 Å². The number of thiophene rings is 1. The molecule has 3 heterocycles. The lowest BCUT2D eigenvalue weighted by Gasteiger charge is -2.26. The van der Waals surface area contributed by atoms with Gasteiger partial charge in [-0.15, -0.1) is 11.3 Å². The summed E-state index contributed by atoms with van der Waals surface area (Å²) in [7, 11) is -3.15. The molecule has 0 bridgehead atoms. The number of nitrogens with one attached hydrogen (secondary N) is 1. The highest BCUT2D eigenvalue weighted by Crippen LogP contribution is 2.37. The SMILES string of the molecule is CCCS(=O)(=O)N1CCc2c(sc3ncnc(NCC)c23)C1. The first-order chi connectivity index (χ1) is 10.6. The van der Waals surface area contributed by atoms with Crippen LogP contribution >= 0.6 is 11.3 Å². The van der Waals surface area contributed by atoms with Gasteiger partial charge in [0.25, 0.3) is 0 Å².